The van der Waals surface area contributed by atoms with E-state index in [2.05, 4.69) is 87.5 Å². The van der Waals surface area contributed by atoms with Crippen LogP contribution in [-0.4, -0.2) is 29.7 Å². The molecule has 0 aliphatic carbocycles. The van der Waals surface area contributed by atoms with Crippen LogP contribution in [-0.2, 0) is 24.1 Å². The first-order valence-corrected chi connectivity index (χ1v) is 13.1. The predicted molar refractivity (Wildman–Crippen MR) is 150 cm³/mol. The lowest BCUT2D eigenvalue weighted by molar-refractivity contribution is 0.397. The first-order valence-electron chi connectivity index (χ1n) is 13.1. The average Bonchev–Trinajstić information content (AvgIpc) is 3.54. The van der Waals surface area contributed by atoms with Gasteiger partial charge in [0.15, 0.2) is 5.88 Å². The van der Waals surface area contributed by atoms with Crippen LogP contribution in [0.5, 0.6) is 5.88 Å². The van der Waals surface area contributed by atoms with Crippen LogP contribution in [0.1, 0.15) is 69.1 Å². The van der Waals surface area contributed by atoms with E-state index in [1.165, 1.54) is 33.7 Å². The Morgan fingerprint density at radius 1 is 0.944 bits per heavy atom. The molecule has 0 atom stereocenters. The van der Waals surface area contributed by atoms with E-state index in [-0.39, 0.29) is 0 Å². The third kappa shape index (κ3) is 4.11. The highest BCUT2D eigenvalue weighted by atomic mass is 16.5. The molecule has 5 heteroatoms. The third-order valence-corrected chi connectivity index (χ3v) is 7.37. The summed E-state index contributed by atoms with van der Waals surface area (Å²) in [4.78, 5) is 8.70. The van der Waals surface area contributed by atoms with E-state index in [1.807, 2.05) is 0 Å². The number of aryl methyl sites for hydroxylation is 1. The zero-order valence-electron chi connectivity index (χ0n) is 23.0. The minimum atomic E-state index is 0.696. The second-order valence-electron chi connectivity index (χ2n) is 9.16. The number of hydrogen-bond donors (Lipinski definition) is 1. The van der Waals surface area contributed by atoms with Gasteiger partial charge in [-0.3, -0.25) is 0 Å². The second kappa shape index (κ2) is 10.7. The monoisotopic (exact) mass is 485 g/mol. The number of methoxy groups -OCH3 is 2. The molecule has 1 aliphatic rings. The Hall–Kier alpha value is -3.47. The first-order chi connectivity index (χ1) is 17.4. The highest BCUT2D eigenvalue weighted by molar-refractivity contribution is 6.02. The van der Waals surface area contributed by atoms with E-state index >= 15 is 0 Å². The number of ether oxygens (including phenoxy) is 2. The molecule has 1 aliphatic heterocycles. The zero-order chi connectivity index (χ0) is 26.0. The van der Waals surface area contributed by atoms with Crippen LogP contribution in [0.2, 0.25) is 0 Å². The van der Waals surface area contributed by atoms with Gasteiger partial charge in [0.2, 0.25) is 5.90 Å². The normalized spacial score (nSPS) is 14.9. The maximum Gasteiger partial charge on any atom is 0.216 e. The van der Waals surface area contributed by atoms with Crippen LogP contribution in [0, 0.1) is 6.92 Å². The van der Waals surface area contributed by atoms with Crippen molar-refractivity contribution in [2.24, 2.45) is 4.99 Å². The van der Waals surface area contributed by atoms with Crippen molar-refractivity contribution in [1.82, 2.24) is 9.55 Å². The Labute approximate surface area is 215 Å². The maximum absolute atomic E-state index is 5.75. The van der Waals surface area contributed by atoms with E-state index in [1.54, 1.807) is 14.2 Å². The van der Waals surface area contributed by atoms with Crippen molar-refractivity contribution in [2.75, 3.05) is 14.2 Å². The average molecular weight is 486 g/mol. The third-order valence-electron chi connectivity index (χ3n) is 7.37. The summed E-state index contributed by atoms with van der Waals surface area (Å²) in [6.45, 7) is 13.9. The smallest absolute Gasteiger partial charge is 0.216 e. The van der Waals surface area contributed by atoms with Crippen molar-refractivity contribution in [3.05, 3.63) is 81.3 Å². The molecule has 0 amide bonds. The van der Waals surface area contributed by atoms with Gasteiger partial charge in [-0.25, -0.2) is 4.99 Å². The van der Waals surface area contributed by atoms with Crippen LogP contribution in [0.4, 0.5) is 0 Å². The summed E-state index contributed by atoms with van der Waals surface area (Å²) in [5.41, 5.74) is 12.9. The van der Waals surface area contributed by atoms with Crippen LogP contribution < -0.4 is 4.74 Å². The van der Waals surface area contributed by atoms with Gasteiger partial charge in [0.25, 0.3) is 0 Å². The molecule has 5 nitrogen and oxygen atoms in total. The lowest BCUT2D eigenvalue weighted by Gasteiger charge is -2.18. The number of H-pyrrole nitrogens is 1. The van der Waals surface area contributed by atoms with Gasteiger partial charge in [0.1, 0.15) is 0 Å². The Balaban J connectivity index is 2.15. The number of benzene rings is 1. The van der Waals surface area contributed by atoms with Crippen molar-refractivity contribution in [3.8, 4) is 17.1 Å². The molecular weight excluding hydrogens is 446 g/mol. The number of nitrogens with one attached hydrogen (secondary N) is 1. The molecule has 2 aromatic heterocycles. The van der Waals surface area contributed by atoms with Crippen LogP contribution in [0.3, 0.4) is 0 Å². The molecule has 0 saturated heterocycles. The van der Waals surface area contributed by atoms with E-state index in [0.29, 0.717) is 5.90 Å². The molecular formula is C31H39N3O2. The number of nitrogens with zero attached hydrogens (tertiary/aromatic N) is 2. The number of hydrogen-bond acceptors (Lipinski definition) is 3. The van der Waals surface area contributed by atoms with Gasteiger partial charge >= 0.3 is 0 Å². The summed E-state index contributed by atoms with van der Waals surface area (Å²) in [5.74, 6) is 1.50. The Bertz CT molecular complexity index is 1350. The fourth-order valence-corrected chi connectivity index (χ4v) is 5.58. The van der Waals surface area contributed by atoms with Crippen molar-refractivity contribution in [1.29, 1.82) is 0 Å². The molecule has 3 heterocycles. The maximum atomic E-state index is 5.75. The molecule has 1 N–H and O–H groups in total. The summed E-state index contributed by atoms with van der Waals surface area (Å²) in [5, 5.41) is 0. The van der Waals surface area contributed by atoms with Gasteiger partial charge < -0.3 is 19.0 Å². The standard InChI is InChI=1S/C31H39N3O2/c1-9-21-18-25(34(12-4)29(21)22-16-14-13-15-17-22)26(27-23(10-2)19(5)30(32-27)35-7)28-24(11-3)20(6)31(33-28)36-8/h13-18,32H,9-12H2,1-8H3/b28-26-. The molecule has 0 radical (unpaired) electrons. The fraction of sp³-hybridized carbons (Fsp3) is 0.387. The van der Waals surface area contributed by atoms with Crippen molar-refractivity contribution >= 4 is 11.5 Å². The minimum Gasteiger partial charge on any atom is -0.482 e. The molecule has 0 bridgehead atoms. The molecule has 190 valence electrons. The Morgan fingerprint density at radius 2 is 1.67 bits per heavy atom. The minimum absolute atomic E-state index is 0.696. The Kier molecular flexibility index (Phi) is 7.58. The molecule has 0 fully saturated rings. The Morgan fingerprint density at radius 3 is 2.22 bits per heavy atom. The quantitative estimate of drug-likeness (QED) is 0.359. The van der Waals surface area contributed by atoms with Gasteiger partial charge in [-0.2, -0.15) is 0 Å². The van der Waals surface area contributed by atoms with Gasteiger partial charge in [0.05, 0.1) is 37.0 Å². The topological polar surface area (TPSA) is 51.5 Å². The summed E-state index contributed by atoms with van der Waals surface area (Å²) < 4.78 is 13.9. The molecule has 3 aromatic rings. The van der Waals surface area contributed by atoms with Crippen molar-refractivity contribution in [2.45, 2.75) is 67.3 Å². The van der Waals surface area contributed by atoms with Gasteiger partial charge in [-0.05, 0) is 68.4 Å². The molecule has 0 spiro atoms. The molecule has 4 rings (SSSR count). The summed E-state index contributed by atoms with van der Waals surface area (Å²) >= 11 is 0. The number of aliphatic imine (C=N–C) groups is 1. The predicted octanol–water partition coefficient (Wildman–Crippen LogP) is 7.49. The van der Waals surface area contributed by atoms with Crippen LogP contribution >= 0.6 is 0 Å². The highest BCUT2D eigenvalue weighted by Crippen LogP contribution is 2.43. The molecule has 36 heavy (non-hydrogen) atoms. The van der Waals surface area contributed by atoms with Gasteiger partial charge in [-0.1, -0.05) is 51.1 Å². The van der Waals surface area contributed by atoms with Gasteiger partial charge in [0, 0.05) is 23.3 Å². The fourth-order valence-electron chi connectivity index (χ4n) is 5.58. The second-order valence-corrected chi connectivity index (χ2v) is 9.16. The van der Waals surface area contributed by atoms with E-state index in [4.69, 9.17) is 14.5 Å². The highest BCUT2D eigenvalue weighted by Gasteiger charge is 2.30. The largest absolute Gasteiger partial charge is 0.482 e. The van der Waals surface area contributed by atoms with Crippen molar-refractivity contribution < 1.29 is 9.47 Å². The summed E-state index contributed by atoms with van der Waals surface area (Å²) in [6.07, 6.45) is 2.71. The number of allylic oxidation sites excluding steroid dienone is 1. The number of rotatable bonds is 8. The summed E-state index contributed by atoms with van der Waals surface area (Å²) in [7, 11) is 3.43. The molecule has 0 saturated carbocycles. The van der Waals surface area contributed by atoms with Crippen molar-refractivity contribution in [3.63, 3.8) is 0 Å². The number of aromatic amines is 1. The number of aromatic nitrogens is 2. The van der Waals surface area contributed by atoms with E-state index in [9.17, 15) is 0 Å². The van der Waals surface area contributed by atoms with Crippen LogP contribution in [0.15, 0.2) is 58.2 Å². The van der Waals surface area contributed by atoms with E-state index in [0.717, 1.165) is 59.8 Å². The molecule has 1 aromatic carbocycles. The molecule has 0 unspecified atom stereocenters. The zero-order valence-corrected chi connectivity index (χ0v) is 23.0. The summed E-state index contributed by atoms with van der Waals surface area (Å²) in [6, 6.07) is 13.1. The lowest BCUT2D eigenvalue weighted by atomic mass is 9.94. The first kappa shape index (κ1) is 25.6. The van der Waals surface area contributed by atoms with Crippen LogP contribution in [0.25, 0.3) is 16.8 Å². The van der Waals surface area contributed by atoms with E-state index < -0.39 is 0 Å². The van der Waals surface area contributed by atoms with Gasteiger partial charge in [-0.15, -0.1) is 0 Å². The SMILES string of the molecule is CCC1=C(C)C(OC)=N/C1=C(\c1[nH]c(OC)c(C)c1CC)c1cc(CC)c(-c2ccccc2)n1CC. The lowest BCUT2D eigenvalue weighted by Crippen LogP contribution is -2.07.